The van der Waals surface area contributed by atoms with Crippen LogP contribution in [0.1, 0.15) is 46.0 Å². The number of likely N-dealkylation sites (tertiary alicyclic amines) is 1. The Bertz CT molecular complexity index is 251. The monoisotopic (exact) mass is 268 g/mol. The first kappa shape index (κ1) is 15.3. The quantitative estimate of drug-likeness (QED) is 0.768. The summed E-state index contributed by atoms with van der Waals surface area (Å²) in [5.41, 5.74) is 0.468. The molecule has 0 aliphatic carbocycles. The second-order valence-corrected chi connectivity index (χ2v) is 6.57. The van der Waals surface area contributed by atoms with Gasteiger partial charge in [-0.1, -0.05) is 20.3 Å². The largest absolute Gasteiger partial charge is 0.381 e. The van der Waals surface area contributed by atoms with Crippen LogP contribution in [-0.4, -0.2) is 50.8 Å². The summed E-state index contributed by atoms with van der Waals surface area (Å²) in [4.78, 5) is 2.73. The van der Waals surface area contributed by atoms with Crippen LogP contribution in [0.4, 0.5) is 0 Å². The maximum absolute atomic E-state index is 5.58. The average Bonchev–Trinajstić information content (AvgIpc) is 2.85. The fourth-order valence-corrected chi connectivity index (χ4v) is 3.76. The molecular weight excluding hydrogens is 236 g/mol. The lowest BCUT2D eigenvalue weighted by atomic mass is 9.79. The fraction of sp³-hybridized carbons (Fsp3) is 1.00. The van der Waals surface area contributed by atoms with Crippen molar-refractivity contribution in [1.82, 2.24) is 10.2 Å². The second-order valence-electron chi connectivity index (χ2n) is 6.57. The molecule has 0 aromatic carbocycles. The maximum Gasteiger partial charge on any atom is 0.0472 e. The first-order valence-corrected chi connectivity index (χ1v) is 8.29. The summed E-state index contributed by atoms with van der Waals surface area (Å²) in [5, 5.41) is 3.59. The van der Waals surface area contributed by atoms with E-state index >= 15 is 0 Å². The summed E-state index contributed by atoms with van der Waals surface area (Å²) in [7, 11) is 0. The van der Waals surface area contributed by atoms with Gasteiger partial charge in [-0.2, -0.15) is 0 Å². The summed E-state index contributed by atoms with van der Waals surface area (Å²) in [6.07, 6.45) is 6.64. The highest BCUT2D eigenvalue weighted by Crippen LogP contribution is 2.33. The van der Waals surface area contributed by atoms with Crippen LogP contribution in [0.15, 0.2) is 0 Å². The Kier molecular flexibility index (Phi) is 6.11. The molecule has 2 fully saturated rings. The summed E-state index contributed by atoms with van der Waals surface area (Å²) < 4.78 is 5.58. The van der Waals surface area contributed by atoms with Crippen LogP contribution in [0.3, 0.4) is 0 Å². The van der Waals surface area contributed by atoms with Gasteiger partial charge in [-0.05, 0) is 50.1 Å². The van der Waals surface area contributed by atoms with Crippen molar-refractivity contribution in [1.29, 1.82) is 0 Å². The van der Waals surface area contributed by atoms with E-state index in [1.165, 1.54) is 58.3 Å². The Morgan fingerprint density at radius 2 is 2.05 bits per heavy atom. The lowest BCUT2D eigenvalue weighted by molar-refractivity contribution is -0.00123. The normalized spacial score (nSPS) is 27.8. The Morgan fingerprint density at radius 1 is 1.26 bits per heavy atom. The van der Waals surface area contributed by atoms with Gasteiger partial charge in [-0.3, -0.25) is 0 Å². The number of rotatable bonds is 7. The lowest BCUT2D eigenvalue weighted by Crippen LogP contribution is -2.47. The first-order chi connectivity index (χ1) is 9.28. The molecule has 2 saturated heterocycles. The van der Waals surface area contributed by atoms with E-state index in [0.717, 1.165) is 25.7 Å². The molecular formula is C16H32N2O. The molecule has 2 heterocycles. The van der Waals surface area contributed by atoms with Crippen molar-refractivity contribution in [2.75, 3.05) is 45.9 Å². The predicted octanol–water partition coefficient (Wildman–Crippen LogP) is 2.51. The van der Waals surface area contributed by atoms with Crippen LogP contribution < -0.4 is 5.32 Å². The van der Waals surface area contributed by atoms with Crippen molar-refractivity contribution in [3.63, 3.8) is 0 Å². The Labute approximate surface area is 119 Å². The van der Waals surface area contributed by atoms with Crippen LogP contribution in [0, 0.1) is 11.3 Å². The summed E-state index contributed by atoms with van der Waals surface area (Å²) in [5.74, 6) is 0.959. The molecule has 2 aliphatic heterocycles. The van der Waals surface area contributed by atoms with Crippen molar-refractivity contribution in [3.8, 4) is 0 Å². The minimum atomic E-state index is 0.468. The third kappa shape index (κ3) is 4.44. The molecule has 3 heteroatoms. The molecule has 0 aromatic heterocycles. The van der Waals surface area contributed by atoms with E-state index < -0.39 is 0 Å². The van der Waals surface area contributed by atoms with E-state index in [-0.39, 0.29) is 0 Å². The summed E-state index contributed by atoms with van der Waals surface area (Å²) in [6.45, 7) is 12.6. The standard InChI is InChI=1S/C16H32N2O/c1-3-5-15-6-9-18(12-15)14-16(13-17-4-2)7-10-19-11-8-16/h15,17H,3-14H2,1-2H3. The number of nitrogens with zero attached hydrogens (tertiary/aromatic N) is 1. The molecule has 0 saturated carbocycles. The molecule has 1 unspecified atom stereocenters. The van der Waals surface area contributed by atoms with Gasteiger partial charge < -0.3 is 15.0 Å². The molecule has 1 atom stereocenters. The Balaban J connectivity index is 1.85. The minimum Gasteiger partial charge on any atom is -0.381 e. The van der Waals surface area contributed by atoms with Gasteiger partial charge in [0.2, 0.25) is 0 Å². The number of hydrogen-bond donors (Lipinski definition) is 1. The highest BCUT2D eigenvalue weighted by Gasteiger charge is 2.35. The van der Waals surface area contributed by atoms with Gasteiger partial charge in [0, 0.05) is 32.8 Å². The Hall–Kier alpha value is -0.120. The van der Waals surface area contributed by atoms with Crippen molar-refractivity contribution < 1.29 is 4.74 Å². The maximum atomic E-state index is 5.58. The van der Waals surface area contributed by atoms with Crippen molar-refractivity contribution in [3.05, 3.63) is 0 Å². The number of nitrogens with one attached hydrogen (secondary N) is 1. The van der Waals surface area contributed by atoms with E-state index in [1.807, 2.05) is 0 Å². The zero-order valence-electron chi connectivity index (χ0n) is 12.9. The molecule has 0 aromatic rings. The molecule has 0 spiro atoms. The molecule has 0 bridgehead atoms. The zero-order chi connectivity index (χ0) is 13.6. The SMILES string of the molecule is CCCC1CCN(CC2(CNCC)CCOCC2)C1. The Morgan fingerprint density at radius 3 is 2.74 bits per heavy atom. The van der Waals surface area contributed by atoms with Gasteiger partial charge in [0.15, 0.2) is 0 Å². The van der Waals surface area contributed by atoms with Crippen LogP contribution in [0.5, 0.6) is 0 Å². The molecule has 19 heavy (non-hydrogen) atoms. The van der Waals surface area contributed by atoms with E-state index in [0.29, 0.717) is 5.41 Å². The van der Waals surface area contributed by atoms with Crippen molar-refractivity contribution in [2.24, 2.45) is 11.3 Å². The van der Waals surface area contributed by atoms with E-state index in [2.05, 4.69) is 24.1 Å². The number of ether oxygens (including phenoxy) is 1. The van der Waals surface area contributed by atoms with Crippen molar-refractivity contribution >= 4 is 0 Å². The smallest absolute Gasteiger partial charge is 0.0472 e. The average molecular weight is 268 g/mol. The fourth-order valence-electron chi connectivity index (χ4n) is 3.76. The highest BCUT2D eigenvalue weighted by atomic mass is 16.5. The van der Waals surface area contributed by atoms with E-state index in [1.54, 1.807) is 0 Å². The molecule has 112 valence electrons. The van der Waals surface area contributed by atoms with E-state index in [4.69, 9.17) is 4.74 Å². The van der Waals surface area contributed by atoms with E-state index in [9.17, 15) is 0 Å². The van der Waals surface area contributed by atoms with Gasteiger partial charge in [-0.15, -0.1) is 0 Å². The van der Waals surface area contributed by atoms with Crippen LogP contribution in [-0.2, 0) is 4.74 Å². The molecule has 0 radical (unpaired) electrons. The molecule has 1 N–H and O–H groups in total. The molecule has 0 amide bonds. The summed E-state index contributed by atoms with van der Waals surface area (Å²) >= 11 is 0. The molecule has 3 nitrogen and oxygen atoms in total. The van der Waals surface area contributed by atoms with Crippen LogP contribution in [0.25, 0.3) is 0 Å². The first-order valence-electron chi connectivity index (χ1n) is 8.29. The lowest BCUT2D eigenvalue weighted by Gasteiger charge is -2.40. The molecule has 2 rings (SSSR count). The highest BCUT2D eigenvalue weighted by molar-refractivity contribution is 4.89. The third-order valence-electron chi connectivity index (χ3n) is 4.93. The third-order valence-corrected chi connectivity index (χ3v) is 4.93. The minimum absolute atomic E-state index is 0.468. The van der Waals surface area contributed by atoms with Gasteiger partial charge in [0.1, 0.15) is 0 Å². The topological polar surface area (TPSA) is 24.5 Å². The van der Waals surface area contributed by atoms with Crippen molar-refractivity contribution in [2.45, 2.75) is 46.0 Å². The van der Waals surface area contributed by atoms with Gasteiger partial charge in [0.05, 0.1) is 0 Å². The van der Waals surface area contributed by atoms with Crippen LogP contribution >= 0.6 is 0 Å². The number of hydrogen-bond acceptors (Lipinski definition) is 3. The van der Waals surface area contributed by atoms with Gasteiger partial charge in [0.25, 0.3) is 0 Å². The van der Waals surface area contributed by atoms with Crippen LogP contribution in [0.2, 0.25) is 0 Å². The van der Waals surface area contributed by atoms with Gasteiger partial charge >= 0.3 is 0 Å². The molecule has 2 aliphatic rings. The summed E-state index contributed by atoms with van der Waals surface area (Å²) in [6, 6.07) is 0. The zero-order valence-corrected chi connectivity index (χ0v) is 12.9. The van der Waals surface area contributed by atoms with Gasteiger partial charge in [-0.25, -0.2) is 0 Å². The predicted molar refractivity (Wildman–Crippen MR) is 80.5 cm³/mol. The second kappa shape index (κ2) is 7.61.